The summed E-state index contributed by atoms with van der Waals surface area (Å²) in [5.41, 5.74) is 6.36. The van der Waals surface area contributed by atoms with Crippen molar-refractivity contribution in [1.82, 2.24) is 0 Å². The topological polar surface area (TPSA) is 0 Å². The zero-order valence-corrected chi connectivity index (χ0v) is 23.9. The van der Waals surface area contributed by atoms with E-state index in [-0.39, 0.29) is 70.3 Å². The molecule has 2 saturated carbocycles. The molecule has 0 atom stereocenters. The maximum Gasteiger partial charge on any atom is 2.00 e. The van der Waals surface area contributed by atoms with E-state index >= 15 is 0 Å². The van der Waals surface area contributed by atoms with Crippen LogP contribution in [-0.4, -0.2) is 22.6 Å². The van der Waals surface area contributed by atoms with E-state index in [1.807, 2.05) is 0 Å². The zero-order chi connectivity index (χ0) is 18.3. The molecule has 0 saturated heterocycles. The third-order valence-corrected chi connectivity index (χ3v) is 10.4. The van der Waals surface area contributed by atoms with Crippen LogP contribution >= 0.6 is 15.8 Å². The van der Waals surface area contributed by atoms with E-state index in [0.717, 1.165) is 22.6 Å². The summed E-state index contributed by atoms with van der Waals surface area (Å²) in [7, 11) is 0.127. The van der Waals surface area contributed by atoms with Crippen molar-refractivity contribution in [3.63, 3.8) is 0 Å². The van der Waals surface area contributed by atoms with Crippen LogP contribution in [0.2, 0.25) is 0 Å². The summed E-state index contributed by atoms with van der Waals surface area (Å²) in [5.74, 6) is 0. The smallest absolute Gasteiger partial charge is 1.00 e. The van der Waals surface area contributed by atoms with Crippen LogP contribution < -0.4 is 17.0 Å². The van der Waals surface area contributed by atoms with Crippen LogP contribution in [0.3, 0.4) is 0 Å². The molecule has 2 aliphatic rings. The first-order valence-corrected chi connectivity index (χ1v) is 12.2. The standard InChI is InChI=1S/2C11H18P.BrH.Fe.Pd/c2*1-9(2)12(10(3)4)11-7-5-6-8-11;;;/h2*5-10H,1-4H3;1H;;/q;;;2*+2/p-1. The molecule has 0 aromatic carbocycles. The van der Waals surface area contributed by atoms with Crippen molar-refractivity contribution in [2.24, 2.45) is 0 Å². The SMILES string of the molecule is CC(C)P([C]1[CH][CH][CH][CH]1)C(C)C.CC(C)P([C]1[CH][CH][CH][CH]1)C(C)C.[Br-].[Fe+2].[Pd+2]. The van der Waals surface area contributed by atoms with Crippen molar-refractivity contribution in [2.45, 2.75) is 78.0 Å². The largest absolute Gasteiger partial charge is 2.00 e. The van der Waals surface area contributed by atoms with E-state index in [9.17, 15) is 0 Å². The van der Waals surface area contributed by atoms with Crippen molar-refractivity contribution < 1.29 is 54.5 Å². The average molecular weight is 605 g/mol. The van der Waals surface area contributed by atoms with Crippen molar-refractivity contribution in [1.29, 1.82) is 0 Å². The summed E-state index contributed by atoms with van der Waals surface area (Å²) in [5, 5.41) is 0. The Morgan fingerprint density at radius 3 is 0.852 bits per heavy atom. The summed E-state index contributed by atoms with van der Waals surface area (Å²) in [6.07, 6.45) is 17.7. The van der Waals surface area contributed by atoms with Crippen LogP contribution in [0.1, 0.15) is 55.4 Å². The Kier molecular flexibility index (Phi) is 22.9. The summed E-state index contributed by atoms with van der Waals surface area (Å²) < 4.78 is 0. The van der Waals surface area contributed by atoms with Gasteiger partial charge in [0.25, 0.3) is 0 Å². The van der Waals surface area contributed by atoms with Crippen molar-refractivity contribution in [3.05, 3.63) is 62.7 Å². The monoisotopic (exact) mass is 603 g/mol. The predicted octanol–water partition coefficient (Wildman–Crippen LogP) is 4.29. The fraction of sp³-hybridized carbons (Fsp3) is 0.545. The maximum atomic E-state index is 2.33. The van der Waals surface area contributed by atoms with Gasteiger partial charge in [-0.3, -0.25) is 0 Å². The molecular formula is C22H36BrFeP2Pd+3. The van der Waals surface area contributed by atoms with Crippen LogP contribution in [0.15, 0.2) is 0 Å². The van der Waals surface area contributed by atoms with Gasteiger partial charge < -0.3 is 17.0 Å². The Morgan fingerprint density at radius 2 is 0.704 bits per heavy atom. The van der Waals surface area contributed by atoms with E-state index in [1.165, 1.54) is 0 Å². The van der Waals surface area contributed by atoms with Gasteiger partial charge in [-0.25, -0.2) is 0 Å². The van der Waals surface area contributed by atoms with Gasteiger partial charge in [0.15, 0.2) is 0 Å². The molecule has 0 unspecified atom stereocenters. The number of hydrogen-bond acceptors (Lipinski definition) is 0. The van der Waals surface area contributed by atoms with Gasteiger partial charge in [0.1, 0.15) is 0 Å². The van der Waals surface area contributed by atoms with E-state index in [2.05, 4.69) is 107 Å². The van der Waals surface area contributed by atoms with Gasteiger partial charge in [0, 0.05) is 11.3 Å². The van der Waals surface area contributed by atoms with Crippen LogP contribution in [0, 0.1) is 62.7 Å². The van der Waals surface area contributed by atoms with Crippen LogP contribution in [-0.2, 0) is 37.5 Å². The van der Waals surface area contributed by atoms with Crippen LogP contribution in [0.4, 0.5) is 0 Å². The fourth-order valence-corrected chi connectivity index (χ4v) is 9.26. The molecule has 0 aliphatic heterocycles. The van der Waals surface area contributed by atoms with Gasteiger partial charge in [0.05, 0.1) is 0 Å². The molecule has 0 nitrogen and oxygen atoms in total. The molecule has 0 aromatic heterocycles. The molecular weight excluding hydrogens is 568 g/mol. The molecule has 2 rings (SSSR count). The minimum atomic E-state index is 0. The molecule has 0 aromatic rings. The molecule has 0 heterocycles. The molecule has 5 heteroatoms. The Labute approximate surface area is 209 Å². The first-order valence-electron chi connectivity index (χ1n) is 9.25. The number of rotatable bonds is 6. The van der Waals surface area contributed by atoms with Crippen molar-refractivity contribution in [3.8, 4) is 0 Å². The van der Waals surface area contributed by atoms with Gasteiger partial charge in [0.2, 0.25) is 0 Å². The second-order valence-electron chi connectivity index (χ2n) is 7.48. The normalized spacial score (nSPS) is 18.0. The van der Waals surface area contributed by atoms with Gasteiger partial charge in [-0.15, -0.1) is 0 Å². The van der Waals surface area contributed by atoms with Crippen LogP contribution in [0.5, 0.6) is 0 Å². The third-order valence-electron chi connectivity index (χ3n) is 4.11. The molecule has 0 spiro atoms. The van der Waals surface area contributed by atoms with E-state index in [4.69, 9.17) is 0 Å². The molecule has 27 heavy (non-hydrogen) atoms. The van der Waals surface area contributed by atoms with Gasteiger partial charge in [-0.05, 0) is 74.0 Å². The van der Waals surface area contributed by atoms with Gasteiger partial charge >= 0.3 is 37.5 Å². The molecule has 10 radical (unpaired) electrons. The van der Waals surface area contributed by atoms with E-state index in [1.54, 1.807) is 11.3 Å². The first-order chi connectivity index (χ1) is 11.3. The van der Waals surface area contributed by atoms with Crippen molar-refractivity contribution in [2.75, 3.05) is 0 Å². The molecule has 0 amide bonds. The second-order valence-corrected chi connectivity index (χ2v) is 14.3. The van der Waals surface area contributed by atoms with Crippen LogP contribution in [0.25, 0.3) is 0 Å². The average Bonchev–Trinajstić information content (AvgIpc) is 3.11. The Hall–Kier alpha value is 2.52. The summed E-state index contributed by atoms with van der Waals surface area (Å²) >= 11 is 0. The minimum absolute atomic E-state index is 0. The molecule has 156 valence electrons. The minimum Gasteiger partial charge on any atom is -1.00 e. The van der Waals surface area contributed by atoms with E-state index < -0.39 is 0 Å². The summed E-state index contributed by atoms with van der Waals surface area (Å²) in [4.78, 5) is 0. The number of halogens is 1. The predicted molar refractivity (Wildman–Crippen MR) is 115 cm³/mol. The fourth-order valence-electron chi connectivity index (χ4n) is 3.46. The van der Waals surface area contributed by atoms with Crippen molar-refractivity contribution >= 4 is 15.8 Å². The summed E-state index contributed by atoms with van der Waals surface area (Å²) in [6.45, 7) is 18.7. The molecule has 0 N–H and O–H groups in total. The Morgan fingerprint density at radius 1 is 0.519 bits per heavy atom. The Balaban J connectivity index is -0.000000384. The first kappa shape index (κ1) is 34.1. The van der Waals surface area contributed by atoms with Gasteiger partial charge in [-0.2, -0.15) is 0 Å². The molecule has 2 fully saturated rings. The zero-order valence-electron chi connectivity index (χ0n) is 17.9. The maximum absolute atomic E-state index is 2.33. The van der Waals surface area contributed by atoms with E-state index in [0.29, 0.717) is 0 Å². The number of hydrogen-bond donors (Lipinski definition) is 0. The second kappa shape index (κ2) is 18.1. The van der Waals surface area contributed by atoms with Gasteiger partial charge in [-0.1, -0.05) is 71.2 Å². The summed E-state index contributed by atoms with van der Waals surface area (Å²) in [6, 6.07) is 0. The quantitative estimate of drug-likeness (QED) is 0.314. The molecule has 2 aliphatic carbocycles. The third kappa shape index (κ3) is 12.2. The molecule has 0 bridgehead atoms. The Bertz CT molecular complexity index is 280.